The van der Waals surface area contributed by atoms with Crippen LogP contribution in [0.5, 0.6) is 0 Å². The zero-order chi connectivity index (χ0) is 21.3. The molecule has 4 rings (SSSR count). The molecule has 30 heavy (non-hydrogen) atoms. The fourth-order valence-electron chi connectivity index (χ4n) is 3.25. The van der Waals surface area contributed by atoms with Gasteiger partial charge < -0.3 is 20.1 Å². The van der Waals surface area contributed by atoms with Crippen molar-refractivity contribution in [3.63, 3.8) is 0 Å². The van der Waals surface area contributed by atoms with Gasteiger partial charge in [0.2, 0.25) is 5.95 Å². The van der Waals surface area contributed by atoms with E-state index in [0.29, 0.717) is 60.1 Å². The first-order valence-electron chi connectivity index (χ1n) is 9.77. The van der Waals surface area contributed by atoms with Crippen molar-refractivity contribution in [3.05, 3.63) is 36.0 Å². The van der Waals surface area contributed by atoms with Gasteiger partial charge in [-0.2, -0.15) is 9.97 Å². The summed E-state index contributed by atoms with van der Waals surface area (Å²) in [6, 6.07) is 7.18. The smallest absolute Gasteiger partial charge is 0.339 e. The van der Waals surface area contributed by atoms with E-state index in [1.54, 1.807) is 18.3 Å². The molecule has 156 valence electrons. The molecule has 9 heteroatoms. The molecule has 1 aliphatic heterocycles. The number of nitrogens with two attached hydrogens (primary N) is 1. The summed E-state index contributed by atoms with van der Waals surface area (Å²) in [7, 11) is 0. The highest BCUT2D eigenvalue weighted by Crippen LogP contribution is 2.28. The largest absolute Gasteiger partial charge is 0.456 e. The SMILES string of the molecule is CC(C)(C)OC(=O)c1ccccc1-c1cnc2nc(N)nc(N3CCOCC3)c2n1. The second kappa shape index (κ2) is 7.83. The topological polar surface area (TPSA) is 116 Å². The van der Waals surface area contributed by atoms with Crippen LogP contribution in [0.3, 0.4) is 0 Å². The Kier molecular flexibility index (Phi) is 5.21. The highest BCUT2D eigenvalue weighted by atomic mass is 16.6. The molecule has 1 aromatic carbocycles. The van der Waals surface area contributed by atoms with Crippen molar-refractivity contribution in [2.24, 2.45) is 0 Å². The lowest BCUT2D eigenvalue weighted by Gasteiger charge is -2.28. The second-order valence-corrected chi connectivity index (χ2v) is 7.98. The molecule has 1 fully saturated rings. The summed E-state index contributed by atoms with van der Waals surface area (Å²) < 4.78 is 11.0. The summed E-state index contributed by atoms with van der Waals surface area (Å²) in [5, 5.41) is 0. The van der Waals surface area contributed by atoms with Crippen LogP contribution in [0, 0.1) is 0 Å². The Bertz CT molecular complexity index is 1090. The number of rotatable bonds is 3. The second-order valence-electron chi connectivity index (χ2n) is 7.98. The number of hydrogen-bond acceptors (Lipinski definition) is 9. The van der Waals surface area contributed by atoms with Crippen molar-refractivity contribution in [1.29, 1.82) is 0 Å². The number of carbonyl (C=O) groups excluding carboxylic acids is 1. The molecule has 1 aliphatic rings. The van der Waals surface area contributed by atoms with Gasteiger partial charge in [0.15, 0.2) is 17.0 Å². The predicted molar refractivity (Wildman–Crippen MR) is 113 cm³/mol. The lowest BCUT2D eigenvalue weighted by atomic mass is 10.0. The minimum atomic E-state index is -0.603. The quantitative estimate of drug-likeness (QED) is 0.652. The van der Waals surface area contributed by atoms with Crippen molar-refractivity contribution in [2.75, 3.05) is 36.9 Å². The molecule has 2 N–H and O–H groups in total. The first-order chi connectivity index (χ1) is 14.3. The standard InChI is InChI=1S/C21H24N6O3/c1-21(2,3)30-19(28)14-7-5-4-6-13(14)15-12-23-17-16(24-15)18(26-20(22)25-17)27-8-10-29-11-9-27/h4-7,12H,8-11H2,1-3H3,(H2,22,23,25,26). The third-order valence-corrected chi connectivity index (χ3v) is 4.54. The molecule has 0 radical (unpaired) electrons. The third kappa shape index (κ3) is 4.16. The summed E-state index contributed by atoms with van der Waals surface area (Å²) >= 11 is 0. The Labute approximate surface area is 174 Å². The van der Waals surface area contributed by atoms with Gasteiger partial charge in [0.05, 0.1) is 30.7 Å². The summed E-state index contributed by atoms with van der Waals surface area (Å²) in [6.45, 7) is 8.04. The number of carbonyl (C=O) groups is 1. The van der Waals surface area contributed by atoms with Crippen LogP contribution in [0.25, 0.3) is 22.4 Å². The van der Waals surface area contributed by atoms with E-state index in [-0.39, 0.29) is 5.95 Å². The fraction of sp³-hybridized carbons (Fsp3) is 0.381. The summed E-state index contributed by atoms with van der Waals surface area (Å²) in [5.74, 6) is 0.340. The van der Waals surface area contributed by atoms with E-state index in [1.807, 2.05) is 32.9 Å². The molecule has 0 unspecified atom stereocenters. The van der Waals surface area contributed by atoms with Crippen molar-refractivity contribution in [1.82, 2.24) is 19.9 Å². The Morgan fingerprint density at radius 3 is 2.60 bits per heavy atom. The first kappa shape index (κ1) is 20.0. The number of nitrogens with zero attached hydrogens (tertiary/aromatic N) is 5. The van der Waals surface area contributed by atoms with Gasteiger partial charge in [-0.15, -0.1) is 0 Å². The van der Waals surface area contributed by atoms with E-state index >= 15 is 0 Å². The Morgan fingerprint density at radius 2 is 1.87 bits per heavy atom. The van der Waals surface area contributed by atoms with Crippen molar-refractivity contribution in [2.45, 2.75) is 26.4 Å². The van der Waals surface area contributed by atoms with Crippen LogP contribution in [0.15, 0.2) is 30.5 Å². The molecule has 0 saturated carbocycles. The van der Waals surface area contributed by atoms with Crippen molar-refractivity contribution < 1.29 is 14.3 Å². The number of anilines is 2. The van der Waals surface area contributed by atoms with Gasteiger partial charge in [-0.05, 0) is 26.8 Å². The minimum Gasteiger partial charge on any atom is -0.456 e. The zero-order valence-corrected chi connectivity index (χ0v) is 17.3. The molecule has 2 aromatic heterocycles. The number of hydrogen-bond donors (Lipinski definition) is 1. The molecule has 0 amide bonds. The van der Waals surface area contributed by atoms with E-state index in [4.69, 9.17) is 20.2 Å². The number of fused-ring (bicyclic) bond motifs is 1. The zero-order valence-electron chi connectivity index (χ0n) is 17.3. The molecule has 9 nitrogen and oxygen atoms in total. The average molecular weight is 408 g/mol. The summed E-state index contributed by atoms with van der Waals surface area (Å²) in [4.78, 5) is 32.6. The number of esters is 1. The highest BCUT2D eigenvalue weighted by molar-refractivity contribution is 5.97. The van der Waals surface area contributed by atoms with Gasteiger partial charge in [0.25, 0.3) is 0 Å². The fourth-order valence-corrected chi connectivity index (χ4v) is 3.25. The molecule has 3 aromatic rings. The van der Waals surface area contributed by atoms with E-state index in [0.717, 1.165) is 0 Å². The van der Waals surface area contributed by atoms with Crippen LogP contribution < -0.4 is 10.6 Å². The van der Waals surface area contributed by atoms with E-state index in [9.17, 15) is 4.79 Å². The number of morpholine rings is 1. The molecule has 0 spiro atoms. The summed E-state index contributed by atoms with van der Waals surface area (Å²) in [6.07, 6.45) is 1.58. The maximum absolute atomic E-state index is 12.7. The molecule has 0 atom stereocenters. The number of nitrogen functional groups attached to an aromatic ring is 1. The first-order valence-corrected chi connectivity index (χ1v) is 9.77. The highest BCUT2D eigenvalue weighted by Gasteiger charge is 2.23. The predicted octanol–water partition coefficient (Wildman–Crippen LogP) is 2.46. The maximum atomic E-state index is 12.7. The molecule has 0 aliphatic carbocycles. The summed E-state index contributed by atoms with van der Waals surface area (Å²) in [5.41, 5.74) is 7.81. The maximum Gasteiger partial charge on any atom is 0.339 e. The van der Waals surface area contributed by atoms with Gasteiger partial charge in [0.1, 0.15) is 5.60 Å². The lowest BCUT2D eigenvalue weighted by molar-refractivity contribution is 0.00704. The van der Waals surface area contributed by atoms with Crippen LogP contribution in [0.2, 0.25) is 0 Å². The monoisotopic (exact) mass is 408 g/mol. The van der Waals surface area contributed by atoms with Crippen LogP contribution in [0.1, 0.15) is 31.1 Å². The van der Waals surface area contributed by atoms with E-state index in [1.165, 1.54) is 0 Å². The Balaban J connectivity index is 1.81. The van der Waals surface area contributed by atoms with Gasteiger partial charge in [-0.3, -0.25) is 0 Å². The van der Waals surface area contributed by atoms with Crippen molar-refractivity contribution in [3.8, 4) is 11.3 Å². The minimum absolute atomic E-state index is 0.139. The molecule has 1 saturated heterocycles. The molecule has 3 heterocycles. The number of benzene rings is 1. The van der Waals surface area contributed by atoms with Crippen molar-refractivity contribution >= 4 is 28.9 Å². The van der Waals surface area contributed by atoms with E-state index in [2.05, 4.69) is 19.9 Å². The van der Waals surface area contributed by atoms with E-state index < -0.39 is 11.6 Å². The van der Waals surface area contributed by atoms with Crippen LogP contribution in [0.4, 0.5) is 11.8 Å². The van der Waals surface area contributed by atoms with Crippen LogP contribution >= 0.6 is 0 Å². The Morgan fingerprint density at radius 1 is 1.13 bits per heavy atom. The third-order valence-electron chi connectivity index (χ3n) is 4.54. The van der Waals surface area contributed by atoms with Gasteiger partial charge in [0, 0.05) is 18.7 Å². The molecular weight excluding hydrogens is 384 g/mol. The van der Waals surface area contributed by atoms with Gasteiger partial charge in [-0.25, -0.2) is 14.8 Å². The van der Waals surface area contributed by atoms with Crippen LogP contribution in [-0.2, 0) is 9.47 Å². The van der Waals surface area contributed by atoms with Crippen LogP contribution in [-0.4, -0.2) is 57.8 Å². The average Bonchev–Trinajstić information content (AvgIpc) is 2.72. The number of ether oxygens (including phenoxy) is 2. The Hall–Kier alpha value is -3.33. The number of aromatic nitrogens is 4. The lowest BCUT2D eigenvalue weighted by Crippen LogP contribution is -2.37. The molecule has 0 bridgehead atoms. The molecular formula is C21H24N6O3. The normalized spacial score (nSPS) is 14.7. The van der Waals surface area contributed by atoms with Gasteiger partial charge in [-0.1, -0.05) is 18.2 Å². The van der Waals surface area contributed by atoms with Gasteiger partial charge >= 0.3 is 5.97 Å².